The SMILES string of the molecule is CC1CCCC(C(C(=O)O)C(=O)O)C1. The number of aliphatic carboxylic acids is 2. The topological polar surface area (TPSA) is 74.6 Å². The van der Waals surface area contributed by atoms with Crippen LogP contribution in [0.1, 0.15) is 32.6 Å². The maximum Gasteiger partial charge on any atom is 0.318 e. The summed E-state index contributed by atoms with van der Waals surface area (Å²) in [5, 5.41) is 17.6. The van der Waals surface area contributed by atoms with Crippen LogP contribution in [0, 0.1) is 17.8 Å². The summed E-state index contributed by atoms with van der Waals surface area (Å²) in [6.45, 7) is 2.05. The van der Waals surface area contributed by atoms with Gasteiger partial charge in [-0.15, -0.1) is 0 Å². The third kappa shape index (κ3) is 2.47. The lowest BCUT2D eigenvalue weighted by molar-refractivity contribution is -0.158. The van der Waals surface area contributed by atoms with Crippen LogP contribution in [0.15, 0.2) is 0 Å². The Morgan fingerprint density at radius 2 is 1.79 bits per heavy atom. The van der Waals surface area contributed by atoms with Gasteiger partial charge in [-0.3, -0.25) is 9.59 Å². The Kier molecular flexibility index (Phi) is 3.49. The molecule has 0 aromatic carbocycles. The van der Waals surface area contributed by atoms with E-state index in [9.17, 15) is 9.59 Å². The summed E-state index contributed by atoms with van der Waals surface area (Å²) in [5.74, 6) is -3.34. The Morgan fingerprint density at radius 1 is 1.21 bits per heavy atom. The monoisotopic (exact) mass is 200 g/mol. The highest BCUT2D eigenvalue weighted by molar-refractivity contribution is 5.93. The summed E-state index contributed by atoms with van der Waals surface area (Å²) in [4.78, 5) is 21.5. The van der Waals surface area contributed by atoms with Gasteiger partial charge in [-0.05, 0) is 24.7 Å². The van der Waals surface area contributed by atoms with E-state index in [1.807, 2.05) is 6.92 Å². The second kappa shape index (κ2) is 4.44. The van der Waals surface area contributed by atoms with Crippen LogP contribution in [0.25, 0.3) is 0 Å². The number of carboxylic acid groups (broad SMARTS) is 2. The first-order valence-electron chi connectivity index (χ1n) is 4.98. The largest absolute Gasteiger partial charge is 0.481 e. The first kappa shape index (κ1) is 11.0. The summed E-state index contributed by atoms with van der Waals surface area (Å²) in [6.07, 6.45) is 3.49. The zero-order valence-corrected chi connectivity index (χ0v) is 8.27. The lowest BCUT2D eigenvalue weighted by atomic mass is 9.76. The lowest BCUT2D eigenvalue weighted by Gasteiger charge is -2.28. The molecule has 2 N–H and O–H groups in total. The van der Waals surface area contributed by atoms with Crippen molar-refractivity contribution in [3.8, 4) is 0 Å². The van der Waals surface area contributed by atoms with Crippen molar-refractivity contribution in [1.82, 2.24) is 0 Å². The van der Waals surface area contributed by atoms with Crippen LogP contribution >= 0.6 is 0 Å². The molecule has 0 heterocycles. The fraction of sp³-hybridized carbons (Fsp3) is 0.800. The second-order valence-electron chi connectivity index (χ2n) is 4.19. The van der Waals surface area contributed by atoms with Crippen LogP contribution < -0.4 is 0 Å². The fourth-order valence-electron chi connectivity index (χ4n) is 2.29. The van der Waals surface area contributed by atoms with Gasteiger partial charge < -0.3 is 10.2 Å². The van der Waals surface area contributed by atoms with E-state index >= 15 is 0 Å². The molecule has 80 valence electrons. The molecule has 0 amide bonds. The van der Waals surface area contributed by atoms with Crippen molar-refractivity contribution in [1.29, 1.82) is 0 Å². The fourth-order valence-corrected chi connectivity index (χ4v) is 2.29. The van der Waals surface area contributed by atoms with Gasteiger partial charge in [-0.25, -0.2) is 0 Å². The molecule has 14 heavy (non-hydrogen) atoms. The van der Waals surface area contributed by atoms with Gasteiger partial charge in [-0.2, -0.15) is 0 Å². The van der Waals surface area contributed by atoms with Crippen molar-refractivity contribution in [2.75, 3.05) is 0 Å². The number of hydrogen-bond acceptors (Lipinski definition) is 2. The number of rotatable bonds is 3. The van der Waals surface area contributed by atoms with E-state index in [0.29, 0.717) is 5.92 Å². The van der Waals surface area contributed by atoms with Crippen LogP contribution in [0.3, 0.4) is 0 Å². The van der Waals surface area contributed by atoms with Crippen LogP contribution in [-0.2, 0) is 9.59 Å². The zero-order chi connectivity index (χ0) is 10.7. The van der Waals surface area contributed by atoms with Gasteiger partial charge in [0.2, 0.25) is 0 Å². The first-order valence-corrected chi connectivity index (χ1v) is 4.98. The maximum absolute atomic E-state index is 10.8. The Bertz CT molecular complexity index is 222. The van der Waals surface area contributed by atoms with Crippen molar-refractivity contribution in [2.24, 2.45) is 17.8 Å². The summed E-state index contributed by atoms with van der Waals surface area (Å²) in [6, 6.07) is 0. The standard InChI is InChI=1S/C10H16O4/c1-6-3-2-4-7(5-6)8(9(11)12)10(13)14/h6-8H,2-5H2,1H3,(H,11,12)(H,13,14). The number of carbonyl (C=O) groups is 2. The number of carboxylic acids is 2. The summed E-state index contributed by atoms with van der Waals surface area (Å²) < 4.78 is 0. The zero-order valence-electron chi connectivity index (χ0n) is 8.27. The molecule has 0 bridgehead atoms. The highest BCUT2D eigenvalue weighted by Gasteiger charge is 2.36. The van der Waals surface area contributed by atoms with Gasteiger partial charge in [0.15, 0.2) is 5.92 Å². The van der Waals surface area contributed by atoms with Crippen molar-refractivity contribution in [3.05, 3.63) is 0 Å². The average Bonchev–Trinajstić information content (AvgIpc) is 2.02. The molecule has 0 radical (unpaired) electrons. The normalized spacial score (nSPS) is 27.6. The van der Waals surface area contributed by atoms with E-state index in [2.05, 4.69) is 0 Å². The quantitative estimate of drug-likeness (QED) is 0.678. The molecule has 4 nitrogen and oxygen atoms in total. The van der Waals surface area contributed by atoms with Gasteiger partial charge >= 0.3 is 11.9 Å². The Hall–Kier alpha value is -1.06. The maximum atomic E-state index is 10.8. The first-order chi connectivity index (χ1) is 6.52. The molecule has 0 aromatic heterocycles. The molecular weight excluding hydrogens is 184 g/mol. The molecule has 0 spiro atoms. The van der Waals surface area contributed by atoms with Gasteiger partial charge in [-0.1, -0.05) is 19.8 Å². The van der Waals surface area contributed by atoms with Crippen molar-refractivity contribution < 1.29 is 19.8 Å². The smallest absolute Gasteiger partial charge is 0.318 e. The van der Waals surface area contributed by atoms with Crippen LogP contribution in [-0.4, -0.2) is 22.2 Å². The van der Waals surface area contributed by atoms with Crippen molar-refractivity contribution >= 4 is 11.9 Å². The van der Waals surface area contributed by atoms with E-state index in [1.165, 1.54) is 0 Å². The average molecular weight is 200 g/mol. The van der Waals surface area contributed by atoms with Gasteiger partial charge in [0.1, 0.15) is 0 Å². The highest BCUT2D eigenvalue weighted by Crippen LogP contribution is 2.33. The van der Waals surface area contributed by atoms with E-state index in [-0.39, 0.29) is 5.92 Å². The minimum absolute atomic E-state index is 0.186. The molecule has 1 saturated carbocycles. The summed E-state index contributed by atoms with van der Waals surface area (Å²) in [7, 11) is 0. The van der Waals surface area contributed by atoms with Crippen molar-refractivity contribution in [2.45, 2.75) is 32.6 Å². The molecule has 0 aromatic rings. The highest BCUT2D eigenvalue weighted by atomic mass is 16.4. The summed E-state index contributed by atoms with van der Waals surface area (Å²) in [5.41, 5.74) is 0. The minimum atomic E-state index is -1.21. The van der Waals surface area contributed by atoms with Crippen LogP contribution in [0.5, 0.6) is 0 Å². The van der Waals surface area contributed by atoms with E-state index < -0.39 is 17.9 Å². The molecule has 4 heteroatoms. The van der Waals surface area contributed by atoms with Crippen LogP contribution in [0.4, 0.5) is 0 Å². The second-order valence-corrected chi connectivity index (χ2v) is 4.19. The molecule has 2 atom stereocenters. The Balaban J connectivity index is 2.67. The van der Waals surface area contributed by atoms with Crippen molar-refractivity contribution in [3.63, 3.8) is 0 Å². The molecule has 1 aliphatic rings. The molecule has 1 aliphatic carbocycles. The predicted molar refractivity (Wildman–Crippen MR) is 49.9 cm³/mol. The minimum Gasteiger partial charge on any atom is -0.481 e. The van der Waals surface area contributed by atoms with E-state index in [0.717, 1.165) is 25.7 Å². The lowest BCUT2D eigenvalue weighted by Crippen LogP contribution is -2.33. The van der Waals surface area contributed by atoms with Gasteiger partial charge in [0, 0.05) is 0 Å². The van der Waals surface area contributed by atoms with Gasteiger partial charge in [0.25, 0.3) is 0 Å². The third-order valence-electron chi connectivity index (χ3n) is 2.98. The Morgan fingerprint density at radius 3 is 2.21 bits per heavy atom. The molecule has 0 aliphatic heterocycles. The van der Waals surface area contributed by atoms with E-state index in [1.54, 1.807) is 0 Å². The number of hydrogen-bond donors (Lipinski definition) is 2. The third-order valence-corrected chi connectivity index (χ3v) is 2.98. The molecule has 0 saturated heterocycles. The molecule has 1 rings (SSSR count). The molecule has 2 unspecified atom stereocenters. The van der Waals surface area contributed by atoms with Crippen LogP contribution in [0.2, 0.25) is 0 Å². The van der Waals surface area contributed by atoms with E-state index in [4.69, 9.17) is 10.2 Å². The van der Waals surface area contributed by atoms with Gasteiger partial charge in [0.05, 0.1) is 0 Å². The molecular formula is C10H16O4. The summed E-state index contributed by atoms with van der Waals surface area (Å²) >= 11 is 0. The predicted octanol–water partition coefficient (Wildman–Crippen LogP) is 1.60. The molecule has 1 fully saturated rings. The Labute approximate surface area is 82.9 Å².